The van der Waals surface area contributed by atoms with E-state index >= 15 is 0 Å². The van der Waals surface area contributed by atoms with Gasteiger partial charge in [-0.3, -0.25) is 4.79 Å². The van der Waals surface area contributed by atoms with Crippen molar-refractivity contribution in [2.75, 3.05) is 46.5 Å². The third kappa shape index (κ3) is 4.43. The lowest BCUT2D eigenvalue weighted by molar-refractivity contribution is 0.0730. The number of methoxy groups -OCH3 is 1. The number of rotatable bonds is 5. The summed E-state index contributed by atoms with van der Waals surface area (Å²) in [6.45, 7) is 5.08. The molecule has 2 unspecified atom stereocenters. The summed E-state index contributed by atoms with van der Waals surface area (Å²) in [6, 6.07) is 4.41. The molecule has 2 aliphatic rings. The first kappa shape index (κ1) is 20.1. The van der Waals surface area contributed by atoms with Crippen molar-refractivity contribution in [2.45, 2.75) is 24.3 Å². The Morgan fingerprint density at radius 1 is 1.33 bits per heavy atom. The number of nitrogens with zero attached hydrogens (tertiary/aromatic N) is 1. The van der Waals surface area contributed by atoms with E-state index in [9.17, 15) is 13.2 Å². The number of morpholine rings is 1. The highest BCUT2D eigenvalue weighted by atomic mass is 32.2. The van der Waals surface area contributed by atoms with Crippen LogP contribution in [0.4, 0.5) is 0 Å². The summed E-state index contributed by atoms with van der Waals surface area (Å²) in [5.74, 6) is 0.373. The highest BCUT2D eigenvalue weighted by molar-refractivity contribution is 7.89. The van der Waals surface area contributed by atoms with Crippen LogP contribution in [-0.4, -0.2) is 71.2 Å². The van der Waals surface area contributed by atoms with Crippen molar-refractivity contribution in [2.24, 2.45) is 5.92 Å². The maximum Gasteiger partial charge on any atom is 0.255 e. The van der Waals surface area contributed by atoms with Gasteiger partial charge in [-0.25, -0.2) is 8.42 Å². The molecule has 2 N–H and O–H groups in total. The molecular formula is C18H27N3O5S. The zero-order valence-electron chi connectivity index (χ0n) is 15.7. The van der Waals surface area contributed by atoms with Crippen molar-refractivity contribution < 1.29 is 22.7 Å². The largest absolute Gasteiger partial charge is 0.496 e. The monoisotopic (exact) mass is 397 g/mol. The van der Waals surface area contributed by atoms with Crippen LogP contribution in [0.5, 0.6) is 5.75 Å². The quantitative estimate of drug-likeness (QED) is 0.749. The molecule has 1 amide bonds. The molecule has 1 aromatic carbocycles. The number of hydrogen-bond acceptors (Lipinski definition) is 6. The zero-order valence-corrected chi connectivity index (χ0v) is 16.5. The predicted molar refractivity (Wildman–Crippen MR) is 100 cm³/mol. The molecule has 150 valence electrons. The first-order valence-corrected chi connectivity index (χ1v) is 10.6. The highest BCUT2D eigenvalue weighted by Gasteiger charge is 2.29. The van der Waals surface area contributed by atoms with Crippen LogP contribution in [0, 0.1) is 5.92 Å². The SMILES string of the molecule is COc1ccc(S(=O)(=O)N2CCOCC2)cc1C(=O)NC1CNCCC1C. The average Bonchev–Trinajstić information content (AvgIpc) is 2.69. The van der Waals surface area contributed by atoms with Crippen LogP contribution in [0.2, 0.25) is 0 Å². The fourth-order valence-electron chi connectivity index (χ4n) is 3.39. The van der Waals surface area contributed by atoms with Gasteiger partial charge in [0.1, 0.15) is 5.75 Å². The van der Waals surface area contributed by atoms with Crippen LogP contribution < -0.4 is 15.4 Å². The standard InChI is InChI=1S/C18H27N3O5S/c1-13-5-6-19-12-16(13)20-18(22)15-11-14(3-4-17(15)25-2)27(23,24)21-7-9-26-10-8-21/h3-4,11,13,16,19H,5-10,12H2,1-2H3,(H,20,22). The number of carbonyl (C=O) groups is 1. The Kier molecular flexibility index (Phi) is 6.36. The van der Waals surface area contributed by atoms with Crippen molar-refractivity contribution in [1.29, 1.82) is 0 Å². The number of sulfonamides is 1. The molecule has 9 heteroatoms. The number of ether oxygens (including phenoxy) is 2. The Morgan fingerprint density at radius 3 is 2.74 bits per heavy atom. The van der Waals surface area contributed by atoms with Crippen molar-refractivity contribution >= 4 is 15.9 Å². The normalized spacial score (nSPS) is 24.4. The van der Waals surface area contributed by atoms with Crippen molar-refractivity contribution in [1.82, 2.24) is 14.9 Å². The molecule has 0 aromatic heterocycles. The molecule has 8 nitrogen and oxygen atoms in total. The molecule has 1 aromatic rings. The van der Waals surface area contributed by atoms with Crippen LogP contribution in [-0.2, 0) is 14.8 Å². The average molecular weight is 397 g/mol. The van der Waals surface area contributed by atoms with Gasteiger partial charge in [-0.15, -0.1) is 0 Å². The molecule has 2 saturated heterocycles. The van der Waals surface area contributed by atoms with Crippen molar-refractivity contribution in [3.8, 4) is 5.75 Å². The van der Waals surface area contributed by atoms with Crippen LogP contribution in [0.15, 0.2) is 23.1 Å². The summed E-state index contributed by atoms with van der Waals surface area (Å²) in [7, 11) is -2.22. The molecule has 2 fully saturated rings. The Labute approximate surface area is 160 Å². The van der Waals surface area contributed by atoms with Gasteiger partial charge in [0.25, 0.3) is 5.91 Å². The molecule has 0 spiro atoms. The third-order valence-corrected chi connectivity index (χ3v) is 7.06. The van der Waals surface area contributed by atoms with Gasteiger partial charge in [0, 0.05) is 25.7 Å². The molecule has 2 heterocycles. The molecule has 0 aliphatic carbocycles. The molecule has 2 atom stereocenters. The topological polar surface area (TPSA) is 97.0 Å². The predicted octanol–water partition coefficient (Wildman–Crippen LogP) is 0.444. The van der Waals surface area contributed by atoms with Gasteiger partial charge in [-0.2, -0.15) is 4.31 Å². The van der Waals surface area contributed by atoms with E-state index in [1.165, 1.54) is 29.6 Å². The third-order valence-electron chi connectivity index (χ3n) is 5.17. The summed E-state index contributed by atoms with van der Waals surface area (Å²) in [5.41, 5.74) is 0.226. The minimum atomic E-state index is -3.68. The lowest BCUT2D eigenvalue weighted by atomic mass is 9.94. The van der Waals surface area contributed by atoms with Gasteiger partial charge in [0.2, 0.25) is 10.0 Å². The first-order chi connectivity index (χ1) is 12.9. The van der Waals surface area contributed by atoms with Crippen molar-refractivity contribution in [3.05, 3.63) is 23.8 Å². The number of benzene rings is 1. The Balaban J connectivity index is 1.85. The van der Waals surface area contributed by atoms with E-state index < -0.39 is 10.0 Å². The fraction of sp³-hybridized carbons (Fsp3) is 0.611. The van der Waals surface area contributed by atoms with Crippen LogP contribution >= 0.6 is 0 Å². The van der Waals surface area contributed by atoms with E-state index in [0.29, 0.717) is 44.5 Å². The van der Waals surface area contributed by atoms with Gasteiger partial charge in [-0.05, 0) is 37.1 Å². The second-order valence-electron chi connectivity index (χ2n) is 6.93. The summed E-state index contributed by atoms with van der Waals surface area (Å²) < 4.78 is 37.7. The van der Waals surface area contributed by atoms with Crippen molar-refractivity contribution in [3.63, 3.8) is 0 Å². The van der Waals surface area contributed by atoms with E-state index in [1.54, 1.807) is 0 Å². The van der Waals surface area contributed by atoms with Gasteiger partial charge < -0.3 is 20.1 Å². The highest BCUT2D eigenvalue weighted by Crippen LogP contribution is 2.25. The lowest BCUT2D eigenvalue weighted by Crippen LogP contribution is -2.50. The molecular weight excluding hydrogens is 370 g/mol. The van der Waals surface area contributed by atoms with Gasteiger partial charge in [-0.1, -0.05) is 6.92 Å². The van der Waals surface area contributed by atoms with Crippen LogP contribution in [0.1, 0.15) is 23.7 Å². The van der Waals surface area contributed by atoms with Crippen LogP contribution in [0.25, 0.3) is 0 Å². The summed E-state index contributed by atoms with van der Waals surface area (Å²) in [4.78, 5) is 12.9. The Morgan fingerprint density at radius 2 is 2.07 bits per heavy atom. The summed E-state index contributed by atoms with van der Waals surface area (Å²) in [6.07, 6.45) is 0.980. The van der Waals surface area contributed by atoms with E-state index in [1.807, 2.05) is 0 Å². The van der Waals surface area contributed by atoms with E-state index in [2.05, 4.69) is 17.6 Å². The number of nitrogens with one attached hydrogen (secondary N) is 2. The molecule has 27 heavy (non-hydrogen) atoms. The number of amides is 1. The number of piperidine rings is 1. The fourth-order valence-corrected chi connectivity index (χ4v) is 4.82. The maximum atomic E-state index is 12.9. The lowest BCUT2D eigenvalue weighted by Gasteiger charge is -2.30. The molecule has 0 radical (unpaired) electrons. The minimum absolute atomic E-state index is 0.00420. The van der Waals surface area contributed by atoms with Gasteiger partial charge >= 0.3 is 0 Å². The molecule has 0 saturated carbocycles. The van der Waals surface area contributed by atoms with Gasteiger partial charge in [0.05, 0.1) is 30.8 Å². The molecule has 2 aliphatic heterocycles. The van der Waals surface area contributed by atoms with E-state index in [0.717, 1.165) is 13.0 Å². The second kappa shape index (κ2) is 8.55. The second-order valence-corrected chi connectivity index (χ2v) is 8.87. The smallest absolute Gasteiger partial charge is 0.255 e. The minimum Gasteiger partial charge on any atom is -0.496 e. The number of carbonyl (C=O) groups excluding carboxylic acids is 1. The van der Waals surface area contributed by atoms with E-state index in [4.69, 9.17) is 9.47 Å². The molecule has 0 bridgehead atoms. The van der Waals surface area contributed by atoms with Crippen LogP contribution in [0.3, 0.4) is 0 Å². The van der Waals surface area contributed by atoms with Gasteiger partial charge in [0.15, 0.2) is 0 Å². The Hall–Kier alpha value is -1.68. The first-order valence-electron chi connectivity index (χ1n) is 9.21. The molecule has 3 rings (SSSR count). The summed E-state index contributed by atoms with van der Waals surface area (Å²) >= 11 is 0. The Bertz CT molecular complexity index is 777. The summed E-state index contributed by atoms with van der Waals surface area (Å²) in [5, 5.41) is 6.28. The maximum absolute atomic E-state index is 12.9. The number of hydrogen-bond donors (Lipinski definition) is 2. The zero-order chi connectivity index (χ0) is 19.4. The van der Waals surface area contributed by atoms with E-state index in [-0.39, 0.29) is 22.4 Å².